The van der Waals surface area contributed by atoms with Crippen LogP contribution >= 0.6 is 0 Å². The Morgan fingerprint density at radius 1 is 1.20 bits per heavy atom. The number of hydrogen-bond donors (Lipinski definition) is 1. The van der Waals surface area contributed by atoms with Crippen LogP contribution < -0.4 is 5.73 Å². The maximum Gasteiger partial charge on any atom is 0.0713 e. The van der Waals surface area contributed by atoms with E-state index in [0.29, 0.717) is 19.2 Å². The van der Waals surface area contributed by atoms with Crippen LogP contribution in [0.15, 0.2) is 24.3 Å². The van der Waals surface area contributed by atoms with Crippen LogP contribution in [0.5, 0.6) is 0 Å². The zero-order valence-electron chi connectivity index (χ0n) is 12.4. The first-order chi connectivity index (χ1) is 9.81. The van der Waals surface area contributed by atoms with Crippen LogP contribution in [-0.4, -0.2) is 31.1 Å². The normalized spacial score (nSPS) is 20.4. The van der Waals surface area contributed by atoms with Crippen LogP contribution in [0, 0.1) is 5.92 Å². The molecular weight excluding hydrogens is 248 g/mol. The molecule has 0 aliphatic heterocycles. The second kappa shape index (κ2) is 6.25. The first-order valence-electron chi connectivity index (χ1n) is 7.85. The molecule has 2 N–H and O–H groups in total. The largest absolute Gasteiger partial charge is 0.380 e. The summed E-state index contributed by atoms with van der Waals surface area (Å²) in [7, 11) is 1.74. The molecule has 0 spiro atoms. The first kappa shape index (κ1) is 14.1. The van der Waals surface area contributed by atoms with Crippen LogP contribution in [0.1, 0.15) is 42.9 Å². The standard InChI is InChI=1S/C17H26N2O/c1-20-12-14-4-6-15(7-5-14)17(10-18)19(16-8-9-16)11-13-2-3-13/h4-7,13,16-17H,2-3,8-12,18H2,1H3. The summed E-state index contributed by atoms with van der Waals surface area (Å²) >= 11 is 0. The lowest BCUT2D eigenvalue weighted by atomic mass is 10.0. The van der Waals surface area contributed by atoms with Gasteiger partial charge in [-0.05, 0) is 42.7 Å². The van der Waals surface area contributed by atoms with Crippen LogP contribution in [0.2, 0.25) is 0 Å². The summed E-state index contributed by atoms with van der Waals surface area (Å²) in [6, 6.07) is 9.97. The number of rotatable bonds is 8. The van der Waals surface area contributed by atoms with Gasteiger partial charge in [-0.15, -0.1) is 0 Å². The van der Waals surface area contributed by atoms with Gasteiger partial charge in [0.05, 0.1) is 6.61 Å². The molecule has 3 heteroatoms. The van der Waals surface area contributed by atoms with Crippen LogP contribution in [-0.2, 0) is 11.3 Å². The van der Waals surface area contributed by atoms with E-state index in [9.17, 15) is 0 Å². The molecule has 3 nitrogen and oxygen atoms in total. The fraction of sp³-hybridized carbons (Fsp3) is 0.647. The highest BCUT2D eigenvalue weighted by atomic mass is 16.5. The number of methoxy groups -OCH3 is 1. The van der Waals surface area contributed by atoms with Gasteiger partial charge in [0.15, 0.2) is 0 Å². The molecule has 1 unspecified atom stereocenters. The molecule has 2 fully saturated rings. The van der Waals surface area contributed by atoms with E-state index in [-0.39, 0.29) is 0 Å². The van der Waals surface area contributed by atoms with Crippen molar-refractivity contribution in [1.82, 2.24) is 4.90 Å². The predicted octanol–water partition coefficient (Wildman–Crippen LogP) is 2.71. The average molecular weight is 274 g/mol. The molecule has 0 heterocycles. The molecule has 1 atom stereocenters. The van der Waals surface area contributed by atoms with E-state index in [0.717, 1.165) is 12.0 Å². The molecule has 2 aliphatic carbocycles. The van der Waals surface area contributed by atoms with E-state index >= 15 is 0 Å². The lowest BCUT2D eigenvalue weighted by Crippen LogP contribution is -2.37. The SMILES string of the molecule is COCc1ccc(C(CN)N(CC2CC2)C2CC2)cc1. The van der Waals surface area contributed by atoms with E-state index in [1.165, 1.54) is 43.4 Å². The topological polar surface area (TPSA) is 38.5 Å². The van der Waals surface area contributed by atoms with Crippen molar-refractivity contribution in [2.24, 2.45) is 11.7 Å². The van der Waals surface area contributed by atoms with Gasteiger partial charge in [0.2, 0.25) is 0 Å². The zero-order valence-corrected chi connectivity index (χ0v) is 12.4. The molecule has 2 aliphatic rings. The quantitative estimate of drug-likeness (QED) is 0.792. The molecule has 110 valence electrons. The summed E-state index contributed by atoms with van der Waals surface area (Å²) in [6.07, 6.45) is 5.52. The van der Waals surface area contributed by atoms with Crippen molar-refractivity contribution in [3.05, 3.63) is 35.4 Å². The smallest absolute Gasteiger partial charge is 0.0713 e. The molecule has 1 aromatic carbocycles. The maximum atomic E-state index is 6.10. The molecule has 0 saturated heterocycles. The molecule has 0 bridgehead atoms. The minimum absolute atomic E-state index is 0.389. The summed E-state index contributed by atoms with van der Waals surface area (Å²) in [5.74, 6) is 0.928. The highest BCUT2D eigenvalue weighted by molar-refractivity contribution is 5.25. The molecule has 3 rings (SSSR count). The minimum atomic E-state index is 0.389. The van der Waals surface area contributed by atoms with Crippen LogP contribution in [0.3, 0.4) is 0 Å². The van der Waals surface area contributed by atoms with Gasteiger partial charge in [0, 0.05) is 32.3 Å². The van der Waals surface area contributed by atoms with E-state index in [4.69, 9.17) is 10.5 Å². The van der Waals surface area contributed by atoms with Gasteiger partial charge in [-0.25, -0.2) is 0 Å². The molecular formula is C17H26N2O. The third kappa shape index (κ3) is 3.40. The van der Waals surface area contributed by atoms with Gasteiger partial charge >= 0.3 is 0 Å². The van der Waals surface area contributed by atoms with Crippen molar-refractivity contribution < 1.29 is 4.74 Å². The fourth-order valence-corrected chi connectivity index (χ4v) is 3.00. The van der Waals surface area contributed by atoms with Crippen molar-refractivity contribution >= 4 is 0 Å². The van der Waals surface area contributed by atoms with E-state index in [1.807, 2.05) is 0 Å². The Kier molecular flexibility index (Phi) is 4.39. The lowest BCUT2D eigenvalue weighted by Gasteiger charge is -2.31. The van der Waals surface area contributed by atoms with Crippen molar-refractivity contribution in [3.63, 3.8) is 0 Å². The second-order valence-corrected chi connectivity index (χ2v) is 6.30. The van der Waals surface area contributed by atoms with Gasteiger partial charge in [0.1, 0.15) is 0 Å². The average Bonchev–Trinajstić information content (AvgIpc) is 3.34. The summed E-state index contributed by atoms with van der Waals surface area (Å²) in [6.45, 7) is 2.64. The Bertz CT molecular complexity index is 423. The van der Waals surface area contributed by atoms with E-state index in [1.54, 1.807) is 7.11 Å². The summed E-state index contributed by atoms with van der Waals surface area (Å²) in [5, 5.41) is 0. The minimum Gasteiger partial charge on any atom is -0.380 e. The lowest BCUT2D eigenvalue weighted by molar-refractivity contribution is 0.181. The highest BCUT2D eigenvalue weighted by Gasteiger charge is 2.37. The molecule has 0 radical (unpaired) electrons. The van der Waals surface area contributed by atoms with Gasteiger partial charge in [0.25, 0.3) is 0 Å². The summed E-state index contributed by atoms with van der Waals surface area (Å²) in [5.41, 5.74) is 8.69. The Balaban J connectivity index is 1.72. The van der Waals surface area contributed by atoms with Crippen molar-refractivity contribution in [3.8, 4) is 0 Å². The first-order valence-corrected chi connectivity index (χ1v) is 7.85. The van der Waals surface area contributed by atoms with Gasteiger partial charge < -0.3 is 10.5 Å². The van der Waals surface area contributed by atoms with Crippen molar-refractivity contribution in [1.29, 1.82) is 0 Å². The molecule has 0 amide bonds. The van der Waals surface area contributed by atoms with Crippen LogP contribution in [0.25, 0.3) is 0 Å². The predicted molar refractivity (Wildman–Crippen MR) is 81.4 cm³/mol. The van der Waals surface area contributed by atoms with Crippen molar-refractivity contribution in [2.45, 2.75) is 44.4 Å². The monoisotopic (exact) mass is 274 g/mol. The number of nitrogens with two attached hydrogens (primary N) is 1. The molecule has 2 saturated carbocycles. The third-order valence-electron chi connectivity index (χ3n) is 4.48. The second-order valence-electron chi connectivity index (χ2n) is 6.30. The third-order valence-corrected chi connectivity index (χ3v) is 4.48. The van der Waals surface area contributed by atoms with Crippen LogP contribution in [0.4, 0.5) is 0 Å². The number of benzene rings is 1. The Morgan fingerprint density at radius 3 is 2.40 bits per heavy atom. The molecule has 1 aromatic rings. The summed E-state index contributed by atoms with van der Waals surface area (Å²) < 4.78 is 5.18. The van der Waals surface area contributed by atoms with Gasteiger partial charge in [-0.3, -0.25) is 4.90 Å². The summed E-state index contributed by atoms with van der Waals surface area (Å²) in [4.78, 5) is 2.67. The zero-order chi connectivity index (χ0) is 13.9. The number of ether oxygens (including phenoxy) is 1. The Hall–Kier alpha value is -0.900. The number of hydrogen-bond acceptors (Lipinski definition) is 3. The number of nitrogens with zero attached hydrogens (tertiary/aromatic N) is 1. The molecule has 0 aromatic heterocycles. The van der Waals surface area contributed by atoms with Gasteiger partial charge in [-0.1, -0.05) is 24.3 Å². The highest BCUT2D eigenvalue weighted by Crippen LogP contribution is 2.39. The Morgan fingerprint density at radius 2 is 1.90 bits per heavy atom. The van der Waals surface area contributed by atoms with Gasteiger partial charge in [-0.2, -0.15) is 0 Å². The molecule has 20 heavy (non-hydrogen) atoms. The van der Waals surface area contributed by atoms with E-state index < -0.39 is 0 Å². The Labute approximate surface area is 122 Å². The van der Waals surface area contributed by atoms with E-state index in [2.05, 4.69) is 29.2 Å². The fourth-order valence-electron chi connectivity index (χ4n) is 3.00. The van der Waals surface area contributed by atoms with Crippen molar-refractivity contribution in [2.75, 3.05) is 20.2 Å². The maximum absolute atomic E-state index is 6.10.